The van der Waals surface area contributed by atoms with Gasteiger partial charge in [0.15, 0.2) is 0 Å². The van der Waals surface area contributed by atoms with Gasteiger partial charge in [-0.25, -0.2) is 0 Å². The van der Waals surface area contributed by atoms with E-state index in [1.54, 1.807) is 0 Å². The lowest BCUT2D eigenvalue weighted by atomic mass is 9.99. The molecule has 1 aromatic carbocycles. The molecule has 0 saturated carbocycles. The Morgan fingerprint density at radius 1 is 0.722 bits per heavy atom. The van der Waals surface area contributed by atoms with E-state index in [4.69, 9.17) is 0 Å². The van der Waals surface area contributed by atoms with Gasteiger partial charge in [0.2, 0.25) is 0 Å². The quantitative estimate of drug-likeness (QED) is 0.569. The molecule has 4 heteroatoms. The van der Waals surface area contributed by atoms with Gasteiger partial charge in [0.25, 0.3) is 0 Å². The summed E-state index contributed by atoms with van der Waals surface area (Å²) < 4.78 is 0. The van der Waals surface area contributed by atoms with Crippen LogP contribution < -0.4 is 21.3 Å². The number of rotatable bonds is 1. The number of hydrogen-bond donors (Lipinski definition) is 4. The van der Waals surface area contributed by atoms with Crippen molar-refractivity contribution in [2.75, 3.05) is 45.9 Å². The van der Waals surface area contributed by atoms with Crippen LogP contribution in [0.4, 0.5) is 0 Å². The molecule has 1 aliphatic rings. The highest BCUT2D eigenvalue weighted by molar-refractivity contribution is 5.20. The van der Waals surface area contributed by atoms with Crippen molar-refractivity contribution in [3.05, 3.63) is 35.9 Å². The number of nitrogens with one attached hydrogen (secondary N) is 4. The topological polar surface area (TPSA) is 48.1 Å². The first kappa shape index (κ1) is 13.5. The van der Waals surface area contributed by atoms with Crippen molar-refractivity contribution >= 4 is 0 Å². The van der Waals surface area contributed by atoms with E-state index in [9.17, 15) is 0 Å². The molecule has 0 radical (unpaired) electrons. The SMILES string of the molecule is c1ccc(C2CNCCNCNCCNC2)cc1. The molecule has 0 amide bonds. The monoisotopic (exact) mass is 248 g/mol. The molecule has 0 aliphatic carbocycles. The Morgan fingerprint density at radius 3 is 1.89 bits per heavy atom. The minimum Gasteiger partial charge on any atom is -0.315 e. The molecule has 1 aliphatic heterocycles. The van der Waals surface area contributed by atoms with E-state index in [0.29, 0.717) is 5.92 Å². The lowest BCUT2D eigenvalue weighted by molar-refractivity contribution is 0.486. The van der Waals surface area contributed by atoms with Crippen LogP contribution in [0, 0.1) is 0 Å². The summed E-state index contributed by atoms with van der Waals surface area (Å²) in [7, 11) is 0. The van der Waals surface area contributed by atoms with Gasteiger partial charge >= 0.3 is 0 Å². The predicted octanol–water partition coefficient (Wildman–Crippen LogP) is 0.0997. The highest BCUT2D eigenvalue weighted by Gasteiger charge is 2.10. The second kappa shape index (κ2) is 8.21. The first-order valence-corrected chi connectivity index (χ1v) is 6.84. The van der Waals surface area contributed by atoms with E-state index < -0.39 is 0 Å². The van der Waals surface area contributed by atoms with Gasteiger partial charge in [0, 0.05) is 51.9 Å². The average Bonchev–Trinajstić information content (AvgIpc) is 2.40. The third kappa shape index (κ3) is 4.74. The maximum atomic E-state index is 3.52. The summed E-state index contributed by atoms with van der Waals surface area (Å²) in [5, 5.41) is 13.8. The van der Waals surface area contributed by atoms with E-state index in [1.807, 2.05) is 0 Å². The molecule has 0 aromatic heterocycles. The van der Waals surface area contributed by atoms with Crippen LogP contribution >= 0.6 is 0 Å². The Kier molecular flexibility index (Phi) is 6.16. The van der Waals surface area contributed by atoms with E-state index in [-0.39, 0.29) is 0 Å². The van der Waals surface area contributed by atoms with Crippen LogP contribution in [0.3, 0.4) is 0 Å². The maximum absolute atomic E-state index is 3.52. The molecule has 1 heterocycles. The van der Waals surface area contributed by atoms with Gasteiger partial charge in [-0.15, -0.1) is 0 Å². The normalized spacial score (nSPS) is 20.9. The third-order valence-corrected chi connectivity index (χ3v) is 3.26. The molecular formula is C14H24N4. The van der Waals surface area contributed by atoms with Gasteiger partial charge in [-0.1, -0.05) is 30.3 Å². The fourth-order valence-electron chi connectivity index (χ4n) is 2.20. The smallest absolute Gasteiger partial charge is 0.0455 e. The molecule has 18 heavy (non-hydrogen) atoms. The fraction of sp³-hybridized carbons (Fsp3) is 0.571. The highest BCUT2D eigenvalue weighted by atomic mass is 15.1. The minimum absolute atomic E-state index is 0.547. The zero-order valence-corrected chi connectivity index (χ0v) is 10.9. The van der Waals surface area contributed by atoms with Crippen molar-refractivity contribution in [2.45, 2.75) is 5.92 Å². The fourth-order valence-corrected chi connectivity index (χ4v) is 2.20. The Morgan fingerprint density at radius 2 is 1.28 bits per heavy atom. The highest BCUT2D eigenvalue weighted by Crippen LogP contribution is 2.13. The molecule has 0 spiro atoms. The Hall–Kier alpha value is -0.940. The van der Waals surface area contributed by atoms with E-state index in [0.717, 1.165) is 45.9 Å². The van der Waals surface area contributed by atoms with Crippen LogP contribution in [0.1, 0.15) is 11.5 Å². The van der Waals surface area contributed by atoms with Crippen molar-refractivity contribution in [1.29, 1.82) is 0 Å². The number of benzene rings is 1. The van der Waals surface area contributed by atoms with Gasteiger partial charge in [0.05, 0.1) is 0 Å². The molecule has 0 atom stereocenters. The van der Waals surface area contributed by atoms with E-state index in [1.165, 1.54) is 5.56 Å². The van der Waals surface area contributed by atoms with Crippen molar-refractivity contribution in [2.24, 2.45) is 0 Å². The van der Waals surface area contributed by atoms with Crippen LogP contribution in [-0.4, -0.2) is 45.9 Å². The van der Waals surface area contributed by atoms with Gasteiger partial charge < -0.3 is 21.3 Å². The molecule has 4 N–H and O–H groups in total. The first-order chi connectivity index (χ1) is 8.97. The largest absolute Gasteiger partial charge is 0.315 e. The first-order valence-electron chi connectivity index (χ1n) is 6.84. The van der Waals surface area contributed by atoms with Crippen molar-refractivity contribution in [3.63, 3.8) is 0 Å². The van der Waals surface area contributed by atoms with Crippen LogP contribution in [0.25, 0.3) is 0 Å². The van der Waals surface area contributed by atoms with Gasteiger partial charge in [-0.05, 0) is 5.56 Å². The predicted molar refractivity (Wildman–Crippen MR) is 75.8 cm³/mol. The molecule has 1 aromatic rings. The van der Waals surface area contributed by atoms with Crippen LogP contribution in [-0.2, 0) is 0 Å². The zero-order valence-electron chi connectivity index (χ0n) is 10.9. The summed E-state index contributed by atoms with van der Waals surface area (Å²) in [4.78, 5) is 0. The lowest BCUT2D eigenvalue weighted by Crippen LogP contribution is -2.41. The van der Waals surface area contributed by atoms with E-state index in [2.05, 4.69) is 51.6 Å². The molecule has 4 nitrogen and oxygen atoms in total. The Balaban J connectivity index is 1.89. The second-order valence-corrected chi connectivity index (χ2v) is 4.69. The van der Waals surface area contributed by atoms with Crippen molar-refractivity contribution < 1.29 is 0 Å². The van der Waals surface area contributed by atoms with Crippen LogP contribution in [0.5, 0.6) is 0 Å². The molecule has 0 unspecified atom stereocenters. The molecule has 2 rings (SSSR count). The van der Waals surface area contributed by atoms with Gasteiger partial charge in [0.1, 0.15) is 0 Å². The van der Waals surface area contributed by atoms with Crippen LogP contribution in [0.15, 0.2) is 30.3 Å². The summed E-state index contributed by atoms with van der Waals surface area (Å²) in [6, 6.07) is 10.8. The van der Waals surface area contributed by atoms with Crippen LogP contribution in [0.2, 0.25) is 0 Å². The average molecular weight is 248 g/mol. The summed E-state index contributed by atoms with van der Waals surface area (Å²) in [6.45, 7) is 7.03. The molecule has 1 fully saturated rings. The molecule has 0 bridgehead atoms. The molecule has 100 valence electrons. The summed E-state index contributed by atoms with van der Waals surface area (Å²) >= 11 is 0. The van der Waals surface area contributed by atoms with Gasteiger partial charge in [-0.2, -0.15) is 0 Å². The lowest BCUT2D eigenvalue weighted by Gasteiger charge is -2.20. The van der Waals surface area contributed by atoms with Crippen molar-refractivity contribution in [1.82, 2.24) is 21.3 Å². The standard InChI is InChI=1S/C14H24N4/c1-2-4-13(5-3-1)14-10-15-6-8-17-12-18-9-7-16-11-14/h1-5,14-18H,6-12H2. The van der Waals surface area contributed by atoms with Gasteiger partial charge in [-0.3, -0.25) is 0 Å². The zero-order chi connectivity index (χ0) is 12.5. The Labute approximate surface area is 110 Å². The second-order valence-electron chi connectivity index (χ2n) is 4.69. The molecular weight excluding hydrogens is 224 g/mol. The molecule has 1 saturated heterocycles. The number of hydrogen-bond acceptors (Lipinski definition) is 4. The minimum atomic E-state index is 0.547. The van der Waals surface area contributed by atoms with Crippen molar-refractivity contribution in [3.8, 4) is 0 Å². The summed E-state index contributed by atoms with van der Waals surface area (Å²) in [6.07, 6.45) is 0. The maximum Gasteiger partial charge on any atom is 0.0455 e. The van der Waals surface area contributed by atoms with E-state index >= 15 is 0 Å². The summed E-state index contributed by atoms with van der Waals surface area (Å²) in [5.41, 5.74) is 1.41. The summed E-state index contributed by atoms with van der Waals surface area (Å²) in [5.74, 6) is 0.547. The third-order valence-electron chi connectivity index (χ3n) is 3.26. The Bertz CT molecular complexity index is 303.